The molecule has 2 aromatic heterocycles. The van der Waals surface area contributed by atoms with Gasteiger partial charge in [0.1, 0.15) is 11.9 Å². The fourth-order valence-corrected chi connectivity index (χ4v) is 5.15. The van der Waals surface area contributed by atoms with Crippen molar-refractivity contribution in [1.82, 2.24) is 30.5 Å². The summed E-state index contributed by atoms with van der Waals surface area (Å²) in [6.07, 6.45) is 3.42. The van der Waals surface area contributed by atoms with Crippen molar-refractivity contribution in [2.75, 3.05) is 45.1 Å². The Hall–Kier alpha value is -3.73. The number of ether oxygens (including phenoxy) is 1. The number of aromatic nitrogens is 3. The predicted molar refractivity (Wildman–Crippen MR) is 148 cm³/mol. The van der Waals surface area contributed by atoms with Crippen molar-refractivity contribution < 1.29 is 14.3 Å². The van der Waals surface area contributed by atoms with Crippen molar-refractivity contribution in [3.8, 4) is 11.4 Å². The molecule has 1 atom stereocenters. The Bertz CT molecular complexity index is 1360. The fraction of sp³-hybridized carbons (Fsp3) is 0.286. The molecule has 1 aliphatic rings. The molecular formula is C28H30N6O3S. The minimum atomic E-state index is -0.692. The molecule has 3 N–H and O–H groups in total. The van der Waals surface area contributed by atoms with Crippen LogP contribution in [0.25, 0.3) is 22.4 Å². The molecule has 1 fully saturated rings. The zero-order valence-electron chi connectivity index (χ0n) is 20.9. The summed E-state index contributed by atoms with van der Waals surface area (Å²) in [5.41, 5.74) is 2.87. The Kier molecular flexibility index (Phi) is 8.64. The molecule has 5 rings (SSSR count). The monoisotopic (exact) mass is 530 g/mol. The molecular weight excluding hydrogens is 500 g/mol. The number of aromatic amines is 1. The van der Waals surface area contributed by atoms with Gasteiger partial charge in [0.15, 0.2) is 0 Å². The van der Waals surface area contributed by atoms with Crippen molar-refractivity contribution in [3.63, 3.8) is 0 Å². The first-order chi connectivity index (χ1) is 18.7. The van der Waals surface area contributed by atoms with Crippen LogP contribution in [0.5, 0.6) is 0 Å². The number of H-pyrrole nitrogens is 1. The summed E-state index contributed by atoms with van der Waals surface area (Å²) in [4.78, 5) is 41.6. The molecule has 2 amide bonds. The maximum atomic E-state index is 13.2. The van der Waals surface area contributed by atoms with E-state index in [9.17, 15) is 9.59 Å². The number of rotatable bonds is 10. The summed E-state index contributed by atoms with van der Waals surface area (Å²) in [5, 5.41) is 5.95. The van der Waals surface area contributed by atoms with Crippen LogP contribution < -0.4 is 10.6 Å². The summed E-state index contributed by atoms with van der Waals surface area (Å²) in [7, 11) is 0. The van der Waals surface area contributed by atoms with Gasteiger partial charge in [-0.25, -0.2) is 4.98 Å². The second kappa shape index (κ2) is 12.7. The van der Waals surface area contributed by atoms with Crippen LogP contribution in [0.2, 0.25) is 0 Å². The van der Waals surface area contributed by atoms with Crippen molar-refractivity contribution in [1.29, 1.82) is 0 Å². The summed E-state index contributed by atoms with van der Waals surface area (Å²) < 4.78 is 5.39. The Balaban J connectivity index is 1.26. The van der Waals surface area contributed by atoms with Gasteiger partial charge < -0.3 is 20.4 Å². The van der Waals surface area contributed by atoms with E-state index in [0.29, 0.717) is 36.9 Å². The molecule has 0 spiro atoms. The van der Waals surface area contributed by atoms with Gasteiger partial charge in [0.25, 0.3) is 5.91 Å². The Morgan fingerprint density at radius 2 is 1.84 bits per heavy atom. The Labute approximate surface area is 225 Å². The van der Waals surface area contributed by atoms with Gasteiger partial charge in [-0.05, 0) is 42.5 Å². The van der Waals surface area contributed by atoms with Crippen molar-refractivity contribution in [3.05, 3.63) is 78.6 Å². The molecule has 9 nitrogen and oxygen atoms in total. The van der Waals surface area contributed by atoms with Crippen LogP contribution in [0.3, 0.4) is 0 Å². The van der Waals surface area contributed by atoms with E-state index in [-0.39, 0.29) is 11.8 Å². The zero-order chi connectivity index (χ0) is 26.2. The number of carbonyl (C=O) groups excluding carboxylic acids is 2. The number of fused-ring (bicyclic) bond motifs is 1. The molecule has 0 saturated carbocycles. The lowest BCUT2D eigenvalue weighted by atomic mass is 10.1. The van der Waals surface area contributed by atoms with Crippen LogP contribution in [0.15, 0.2) is 78.0 Å². The highest BCUT2D eigenvalue weighted by Gasteiger charge is 2.22. The lowest BCUT2D eigenvalue weighted by molar-refractivity contribution is -0.122. The lowest BCUT2D eigenvalue weighted by Crippen LogP contribution is -2.50. The van der Waals surface area contributed by atoms with Crippen molar-refractivity contribution in [2.24, 2.45) is 0 Å². The topological polar surface area (TPSA) is 112 Å². The molecule has 196 valence electrons. The zero-order valence-corrected chi connectivity index (χ0v) is 21.7. The number of benzene rings is 2. The second-order valence-electron chi connectivity index (χ2n) is 8.95. The number of hydrogen-bond donors (Lipinski definition) is 3. The van der Waals surface area contributed by atoms with E-state index in [0.717, 1.165) is 41.1 Å². The number of nitrogens with zero attached hydrogens (tertiary/aromatic N) is 3. The van der Waals surface area contributed by atoms with Gasteiger partial charge >= 0.3 is 0 Å². The van der Waals surface area contributed by atoms with Crippen LogP contribution >= 0.6 is 11.8 Å². The summed E-state index contributed by atoms with van der Waals surface area (Å²) in [6, 6.07) is 18.2. The summed E-state index contributed by atoms with van der Waals surface area (Å²) in [5.74, 6) is 0.612. The number of pyridine rings is 1. The van der Waals surface area contributed by atoms with Gasteiger partial charge in [-0.1, -0.05) is 18.2 Å². The van der Waals surface area contributed by atoms with E-state index in [2.05, 4.69) is 30.5 Å². The van der Waals surface area contributed by atoms with Gasteiger partial charge in [-0.3, -0.25) is 19.5 Å². The van der Waals surface area contributed by atoms with Crippen LogP contribution in [0.4, 0.5) is 0 Å². The number of nitrogens with one attached hydrogen (secondary N) is 3. The van der Waals surface area contributed by atoms with E-state index >= 15 is 0 Å². The normalized spacial score (nSPS) is 14.7. The van der Waals surface area contributed by atoms with Gasteiger partial charge in [-0.2, -0.15) is 0 Å². The second-order valence-corrected chi connectivity index (χ2v) is 10.0. The van der Waals surface area contributed by atoms with E-state index < -0.39 is 6.04 Å². The molecule has 0 unspecified atom stereocenters. The highest BCUT2D eigenvalue weighted by atomic mass is 32.2. The number of hydrogen-bond acceptors (Lipinski definition) is 7. The third kappa shape index (κ3) is 6.77. The molecule has 3 heterocycles. The standard InChI is InChI=1S/C28H30N6O3S/c35-27(21-6-7-23-24(18-21)32-26(31-23)20-8-10-29-11-9-20)33-25(19-38-22-4-2-1-3-5-22)28(36)30-12-13-34-14-16-37-17-15-34/h1-11,18,25H,12-17,19H2,(H,30,36)(H,31,32)(H,33,35)/t25-/m0/s1. The first-order valence-corrected chi connectivity index (χ1v) is 13.6. The Morgan fingerprint density at radius 3 is 2.63 bits per heavy atom. The number of amides is 2. The van der Waals surface area contributed by atoms with Crippen LogP contribution in [-0.2, 0) is 9.53 Å². The molecule has 0 bridgehead atoms. The number of carbonyl (C=O) groups is 2. The number of imidazole rings is 1. The smallest absolute Gasteiger partial charge is 0.252 e. The molecule has 4 aromatic rings. The maximum Gasteiger partial charge on any atom is 0.252 e. The summed E-state index contributed by atoms with van der Waals surface area (Å²) >= 11 is 1.54. The third-order valence-electron chi connectivity index (χ3n) is 6.31. The first kappa shape index (κ1) is 25.9. The minimum Gasteiger partial charge on any atom is -0.379 e. The van der Waals surface area contributed by atoms with E-state index in [1.54, 1.807) is 24.5 Å². The van der Waals surface area contributed by atoms with Crippen molar-refractivity contribution in [2.45, 2.75) is 10.9 Å². The van der Waals surface area contributed by atoms with Crippen LogP contribution in [0, 0.1) is 0 Å². The third-order valence-corrected chi connectivity index (χ3v) is 7.42. The van der Waals surface area contributed by atoms with E-state index in [1.165, 1.54) is 11.8 Å². The van der Waals surface area contributed by atoms with Crippen LogP contribution in [-0.4, -0.2) is 82.9 Å². The first-order valence-electron chi connectivity index (χ1n) is 12.6. The SMILES string of the molecule is O=C(N[C@@H](CSc1ccccc1)C(=O)NCCN1CCOCC1)c1ccc2nc(-c3ccncc3)[nH]c2c1. The number of morpholine rings is 1. The van der Waals surface area contributed by atoms with E-state index in [1.807, 2.05) is 48.5 Å². The molecule has 0 radical (unpaired) electrons. The fourth-order valence-electron chi connectivity index (χ4n) is 4.20. The van der Waals surface area contributed by atoms with Gasteiger partial charge in [0.05, 0.1) is 24.2 Å². The van der Waals surface area contributed by atoms with Gasteiger partial charge in [-0.15, -0.1) is 11.8 Å². The molecule has 1 saturated heterocycles. The average molecular weight is 531 g/mol. The Morgan fingerprint density at radius 1 is 1.05 bits per heavy atom. The van der Waals surface area contributed by atoms with E-state index in [4.69, 9.17) is 4.74 Å². The van der Waals surface area contributed by atoms with Crippen LogP contribution in [0.1, 0.15) is 10.4 Å². The molecule has 2 aromatic carbocycles. The maximum absolute atomic E-state index is 13.2. The summed E-state index contributed by atoms with van der Waals surface area (Å²) in [6.45, 7) is 4.41. The minimum absolute atomic E-state index is 0.197. The molecule has 10 heteroatoms. The van der Waals surface area contributed by atoms with Gasteiger partial charge in [0.2, 0.25) is 5.91 Å². The highest BCUT2D eigenvalue weighted by Crippen LogP contribution is 2.21. The average Bonchev–Trinajstić information content (AvgIpc) is 3.40. The van der Waals surface area contributed by atoms with Gasteiger partial charge in [0, 0.05) is 60.3 Å². The van der Waals surface area contributed by atoms with Crippen molar-refractivity contribution >= 4 is 34.6 Å². The molecule has 1 aliphatic heterocycles. The highest BCUT2D eigenvalue weighted by molar-refractivity contribution is 7.99. The number of thioether (sulfide) groups is 1. The molecule has 38 heavy (non-hydrogen) atoms. The quantitative estimate of drug-likeness (QED) is 0.270. The molecule has 0 aliphatic carbocycles. The lowest BCUT2D eigenvalue weighted by Gasteiger charge is -2.27. The largest absolute Gasteiger partial charge is 0.379 e. The predicted octanol–water partition coefficient (Wildman–Crippen LogP) is 2.96.